The van der Waals surface area contributed by atoms with Crippen LogP contribution in [0.25, 0.3) is 6.08 Å². The average molecular weight is 376 g/mol. The quantitative estimate of drug-likeness (QED) is 0.360. The number of nitro benzene ring substituents is 1. The van der Waals surface area contributed by atoms with Crippen molar-refractivity contribution in [2.24, 2.45) is 0 Å². The molecular formula is C18H14F2N2O5. The van der Waals surface area contributed by atoms with Crippen LogP contribution >= 0.6 is 0 Å². The average Bonchev–Trinajstić information content (AvgIpc) is 2.61. The topological polar surface area (TPSA) is 98.5 Å². The first-order valence-corrected chi connectivity index (χ1v) is 7.65. The zero-order chi connectivity index (χ0) is 20.0. The fourth-order valence-electron chi connectivity index (χ4n) is 2.02. The Bertz CT molecular complexity index is 914. The highest BCUT2D eigenvalue weighted by Crippen LogP contribution is 2.21. The Morgan fingerprint density at radius 2 is 1.96 bits per heavy atom. The third kappa shape index (κ3) is 5.70. The summed E-state index contributed by atoms with van der Waals surface area (Å²) in [7, 11) is 0. The van der Waals surface area contributed by atoms with E-state index >= 15 is 0 Å². The zero-order valence-electron chi connectivity index (χ0n) is 14.0. The molecule has 27 heavy (non-hydrogen) atoms. The van der Waals surface area contributed by atoms with Gasteiger partial charge in [-0.2, -0.15) is 4.39 Å². The highest BCUT2D eigenvalue weighted by molar-refractivity contribution is 5.96. The lowest BCUT2D eigenvalue weighted by molar-refractivity contribution is -0.387. The maximum atomic E-state index is 13.3. The van der Waals surface area contributed by atoms with Gasteiger partial charge >= 0.3 is 11.7 Å². The molecule has 0 unspecified atom stereocenters. The van der Waals surface area contributed by atoms with Gasteiger partial charge in [0, 0.05) is 17.8 Å². The van der Waals surface area contributed by atoms with Gasteiger partial charge in [0.1, 0.15) is 5.82 Å². The van der Waals surface area contributed by atoms with Crippen LogP contribution in [0.4, 0.5) is 20.2 Å². The van der Waals surface area contributed by atoms with Crippen LogP contribution < -0.4 is 5.32 Å². The SMILES string of the molecule is C[C@@H](OC(=O)/C=C/c1cccc(F)c1)C(=O)Nc1ccc(F)c([N+](=O)[O-])c1. The molecule has 0 aliphatic heterocycles. The first-order valence-electron chi connectivity index (χ1n) is 7.65. The van der Waals surface area contributed by atoms with Gasteiger partial charge in [0.15, 0.2) is 6.10 Å². The Morgan fingerprint density at radius 1 is 1.22 bits per heavy atom. The molecule has 0 radical (unpaired) electrons. The number of halogens is 2. The number of esters is 1. The van der Waals surface area contributed by atoms with Crippen molar-refractivity contribution < 1.29 is 28.0 Å². The van der Waals surface area contributed by atoms with Crippen LogP contribution in [0.5, 0.6) is 0 Å². The Morgan fingerprint density at radius 3 is 2.63 bits per heavy atom. The maximum Gasteiger partial charge on any atom is 0.331 e. The molecule has 1 atom stereocenters. The molecule has 0 fully saturated rings. The van der Waals surface area contributed by atoms with Gasteiger partial charge in [-0.15, -0.1) is 0 Å². The standard InChI is InChI=1S/C18H14F2N2O5/c1-11(27-17(23)8-5-12-3-2-4-13(19)9-12)18(24)21-14-6-7-15(20)16(10-14)22(25)26/h2-11H,1H3,(H,21,24)/b8-5+/t11-/m1/s1. The summed E-state index contributed by atoms with van der Waals surface area (Å²) >= 11 is 0. The van der Waals surface area contributed by atoms with Gasteiger partial charge in [0.25, 0.3) is 5.91 Å². The second kappa shape index (κ2) is 8.65. The highest BCUT2D eigenvalue weighted by atomic mass is 19.1. The van der Waals surface area contributed by atoms with Gasteiger partial charge < -0.3 is 10.1 Å². The van der Waals surface area contributed by atoms with Crippen LogP contribution in [-0.2, 0) is 14.3 Å². The van der Waals surface area contributed by atoms with E-state index in [2.05, 4.69) is 5.32 Å². The van der Waals surface area contributed by atoms with E-state index in [0.29, 0.717) is 5.56 Å². The number of anilines is 1. The molecule has 1 N–H and O–H groups in total. The minimum atomic E-state index is -1.22. The molecule has 0 saturated heterocycles. The maximum absolute atomic E-state index is 13.3. The molecule has 1 amide bonds. The predicted molar refractivity (Wildman–Crippen MR) is 92.7 cm³/mol. The van der Waals surface area contributed by atoms with Crippen LogP contribution in [0.15, 0.2) is 48.5 Å². The van der Waals surface area contributed by atoms with Gasteiger partial charge in [-0.1, -0.05) is 12.1 Å². The Hall–Kier alpha value is -3.62. The van der Waals surface area contributed by atoms with Crippen molar-refractivity contribution in [1.29, 1.82) is 0 Å². The Labute approximate surface area is 152 Å². The van der Waals surface area contributed by atoms with Crippen molar-refractivity contribution in [3.63, 3.8) is 0 Å². The van der Waals surface area contributed by atoms with Crippen LogP contribution in [0.1, 0.15) is 12.5 Å². The molecule has 2 rings (SSSR count). The molecule has 0 aliphatic rings. The summed E-state index contributed by atoms with van der Waals surface area (Å²) in [4.78, 5) is 33.5. The normalized spacial score (nSPS) is 11.8. The van der Waals surface area contributed by atoms with E-state index in [0.717, 1.165) is 24.3 Å². The molecule has 0 bridgehead atoms. The number of ether oxygens (including phenoxy) is 1. The zero-order valence-corrected chi connectivity index (χ0v) is 14.0. The first-order chi connectivity index (χ1) is 12.8. The molecule has 0 spiro atoms. The Balaban J connectivity index is 1.96. The summed E-state index contributed by atoms with van der Waals surface area (Å²) in [5.41, 5.74) is -0.385. The molecule has 7 nitrogen and oxygen atoms in total. The van der Waals surface area contributed by atoms with Crippen LogP contribution in [-0.4, -0.2) is 22.9 Å². The highest BCUT2D eigenvalue weighted by Gasteiger charge is 2.19. The number of hydrogen-bond donors (Lipinski definition) is 1. The summed E-state index contributed by atoms with van der Waals surface area (Å²) in [6, 6.07) is 8.34. The second-order valence-electron chi connectivity index (χ2n) is 5.38. The molecular weight excluding hydrogens is 362 g/mol. The van der Waals surface area contributed by atoms with E-state index in [9.17, 15) is 28.5 Å². The van der Waals surface area contributed by atoms with Crippen molar-refractivity contribution in [2.75, 3.05) is 5.32 Å². The van der Waals surface area contributed by atoms with E-state index in [1.54, 1.807) is 6.07 Å². The monoisotopic (exact) mass is 376 g/mol. The van der Waals surface area contributed by atoms with E-state index in [1.807, 2.05) is 0 Å². The van der Waals surface area contributed by atoms with Gasteiger partial charge in [0.2, 0.25) is 5.82 Å². The number of nitrogens with one attached hydrogen (secondary N) is 1. The second-order valence-corrected chi connectivity index (χ2v) is 5.38. The number of rotatable bonds is 6. The van der Waals surface area contributed by atoms with Crippen LogP contribution in [0, 0.1) is 21.7 Å². The van der Waals surface area contributed by atoms with E-state index in [-0.39, 0.29) is 5.69 Å². The molecule has 2 aromatic rings. The fourth-order valence-corrected chi connectivity index (χ4v) is 2.02. The molecule has 140 valence electrons. The van der Waals surface area contributed by atoms with Crippen molar-refractivity contribution in [3.8, 4) is 0 Å². The third-order valence-corrected chi connectivity index (χ3v) is 3.33. The summed E-state index contributed by atoms with van der Waals surface area (Å²) in [5, 5.41) is 13.0. The summed E-state index contributed by atoms with van der Waals surface area (Å²) in [6.45, 7) is 1.29. The number of nitrogens with zero attached hydrogens (tertiary/aromatic N) is 1. The number of nitro groups is 1. The predicted octanol–water partition coefficient (Wildman–Crippen LogP) is 3.46. The van der Waals surface area contributed by atoms with Gasteiger partial charge in [-0.05, 0) is 42.8 Å². The molecule has 9 heteroatoms. The number of amides is 1. The van der Waals surface area contributed by atoms with Crippen molar-refractivity contribution in [1.82, 2.24) is 0 Å². The number of benzene rings is 2. The largest absolute Gasteiger partial charge is 0.449 e. The van der Waals surface area contributed by atoms with E-state index in [1.165, 1.54) is 31.2 Å². The van der Waals surface area contributed by atoms with Crippen LogP contribution in [0.2, 0.25) is 0 Å². The lowest BCUT2D eigenvalue weighted by atomic mass is 10.2. The lowest BCUT2D eigenvalue weighted by Gasteiger charge is -2.12. The minimum absolute atomic E-state index is 0.0219. The van der Waals surface area contributed by atoms with Gasteiger partial charge in [-0.25, -0.2) is 9.18 Å². The molecule has 2 aromatic carbocycles. The van der Waals surface area contributed by atoms with E-state index in [4.69, 9.17) is 4.74 Å². The molecule has 0 aromatic heterocycles. The molecule has 0 aliphatic carbocycles. The fraction of sp³-hybridized carbons (Fsp3) is 0.111. The summed E-state index contributed by atoms with van der Waals surface area (Å²) < 4.78 is 31.2. The van der Waals surface area contributed by atoms with Gasteiger partial charge in [0.05, 0.1) is 4.92 Å². The van der Waals surface area contributed by atoms with Crippen molar-refractivity contribution >= 4 is 29.3 Å². The first kappa shape index (κ1) is 19.7. The Kier molecular flexibility index (Phi) is 6.32. The summed E-state index contributed by atoms with van der Waals surface area (Å²) in [5.74, 6) is -3.11. The van der Waals surface area contributed by atoms with E-state index < -0.39 is 40.2 Å². The smallest absolute Gasteiger partial charge is 0.331 e. The minimum Gasteiger partial charge on any atom is -0.449 e. The molecule has 0 saturated carbocycles. The molecule has 0 heterocycles. The number of carbonyl (C=O) groups is 2. The third-order valence-electron chi connectivity index (χ3n) is 3.33. The number of carbonyl (C=O) groups excluding carboxylic acids is 2. The van der Waals surface area contributed by atoms with Crippen LogP contribution in [0.3, 0.4) is 0 Å². The van der Waals surface area contributed by atoms with Crippen molar-refractivity contribution in [3.05, 3.63) is 75.9 Å². The number of hydrogen-bond acceptors (Lipinski definition) is 5. The van der Waals surface area contributed by atoms with Crippen molar-refractivity contribution in [2.45, 2.75) is 13.0 Å². The lowest BCUT2D eigenvalue weighted by Crippen LogP contribution is -2.29. The summed E-state index contributed by atoms with van der Waals surface area (Å²) in [6.07, 6.45) is 1.12. The van der Waals surface area contributed by atoms with Gasteiger partial charge in [-0.3, -0.25) is 14.9 Å².